The van der Waals surface area contributed by atoms with Crippen molar-refractivity contribution in [3.63, 3.8) is 0 Å². The van der Waals surface area contributed by atoms with E-state index in [0.717, 1.165) is 48.6 Å². The van der Waals surface area contributed by atoms with Gasteiger partial charge in [0, 0.05) is 49.1 Å². The van der Waals surface area contributed by atoms with E-state index in [9.17, 15) is 4.79 Å². The van der Waals surface area contributed by atoms with Gasteiger partial charge in [-0.2, -0.15) is 5.10 Å². The van der Waals surface area contributed by atoms with Gasteiger partial charge >= 0.3 is 0 Å². The molecule has 7 nitrogen and oxygen atoms in total. The highest BCUT2D eigenvalue weighted by Gasteiger charge is 2.18. The third-order valence-corrected chi connectivity index (χ3v) is 5.07. The molecule has 1 amide bonds. The van der Waals surface area contributed by atoms with E-state index in [4.69, 9.17) is 11.6 Å². The van der Waals surface area contributed by atoms with Crippen molar-refractivity contribution in [2.24, 2.45) is 7.05 Å². The van der Waals surface area contributed by atoms with Crippen LogP contribution in [0.3, 0.4) is 0 Å². The van der Waals surface area contributed by atoms with Crippen LogP contribution in [0.2, 0.25) is 5.02 Å². The van der Waals surface area contributed by atoms with Gasteiger partial charge in [0.15, 0.2) is 5.82 Å². The number of halogens is 1. The first-order valence-electron chi connectivity index (χ1n) is 9.30. The summed E-state index contributed by atoms with van der Waals surface area (Å²) in [6, 6.07) is 5.40. The monoisotopic (exact) mass is 396 g/mol. The Morgan fingerprint density at radius 2 is 2.14 bits per heavy atom. The summed E-state index contributed by atoms with van der Waals surface area (Å²) in [4.78, 5) is 12.3. The Morgan fingerprint density at radius 1 is 1.25 bits per heavy atom. The second-order valence-corrected chi connectivity index (χ2v) is 7.27. The van der Waals surface area contributed by atoms with Gasteiger partial charge in [-0.3, -0.25) is 9.48 Å². The molecule has 0 spiro atoms. The fourth-order valence-corrected chi connectivity index (χ4v) is 3.54. The lowest BCUT2D eigenvalue weighted by atomic mass is 10.1. The minimum Gasteiger partial charge on any atom is -0.322 e. The van der Waals surface area contributed by atoms with Gasteiger partial charge in [-0.25, -0.2) is 0 Å². The van der Waals surface area contributed by atoms with Crippen molar-refractivity contribution in [1.82, 2.24) is 24.5 Å². The van der Waals surface area contributed by atoms with E-state index >= 15 is 0 Å². The number of hydrogen-bond donors (Lipinski definition) is 1. The number of anilines is 1. The Bertz CT molecular complexity index is 1040. The maximum absolute atomic E-state index is 12.3. The van der Waals surface area contributed by atoms with Crippen molar-refractivity contribution < 1.29 is 4.79 Å². The van der Waals surface area contributed by atoms with Gasteiger partial charge in [-0.15, -0.1) is 10.2 Å². The number of nitrogens with one attached hydrogen (secondary N) is 1. The summed E-state index contributed by atoms with van der Waals surface area (Å²) in [6.07, 6.45) is 11.1. The highest BCUT2D eigenvalue weighted by atomic mass is 35.5. The van der Waals surface area contributed by atoms with Crippen molar-refractivity contribution in [2.75, 3.05) is 5.32 Å². The number of benzene rings is 1. The Balaban J connectivity index is 1.55. The molecule has 0 unspecified atom stereocenters. The molecule has 0 saturated heterocycles. The van der Waals surface area contributed by atoms with E-state index in [0.29, 0.717) is 10.7 Å². The molecule has 28 heavy (non-hydrogen) atoms. The number of carbonyl (C=O) groups excluding carboxylic acids is 1. The van der Waals surface area contributed by atoms with Gasteiger partial charge in [0.1, 0.15) is 5.82 Å². The molecule has 1 aliphatic rings. The van der Waals surface area contributed by atoms with E-state index in [1.807, 2.05) is 19.3 Å². The summed E-state index contributed by atoms with van der Waals surface area (Å²) in [5.74, 6) is 1.53. The van der Waals surface area contributed by atoms with E-state index in [-0.39, 0.29) is 5.91 Å². The van der Waals surface area contributed by atoms with E-state index in [2.05, 4.69) is 25.2 Å². The van der Waals surface area contributed by atoms with Crippen molar-refractivity contribution in [1.29, 1.82) is 0 Å². The number of rotatable bonds is 4. The second-order valence-electron chi connectivity index (χ2n) is 6.87. The molecule has 2 aromatic heterocycles. The molecule has 4 rings (SSSR count). The van der Waals surface area contributed by atoms with Gasteiger partial charge in [-0.1, -0.05) is 18.0 Å². The summed E-state index contributed by atoms with van der Waals surface area (Å²) in [5, 5.41) is 16.2. The lowest BCUT2D eigenvalue weighted by Crippen LogP contribution is -2.08. The quantitative estimate of drug-likeness (QED) is 0.682. The summed E-state index contributed by atoms with van der Waals surface area (Å²) in [5.41, 5.74) is 2.29. The first-order valence-corrected chi connectivity index (χ1v) is 9.67. The molecule has 1 N–H and O–H groups in total. The number of aromatic nitrogens is 5. The number of nitrogens with zero attached hydrogens (tertiary/aromatic N) is 5. The standard InChI is InChI=1S/C20H21ClN6O/c1-26-13-14(12-22-26)6-9-19(28)23-15-7-8-17(21)16(11-15)20-25-24-18-5-3-2-4-10-27(18)20/h6-9,11-13H,2-5,10H2,1H3,(H,23,28)/b9-6+. The predicted molar refractivity (Wildman–Crippen MR) is 109 cm³/mol. The third-order valence-electron chi connectivity index (χ3n) is 4.74. The van der Waals surface area contributed by atoms with Gasteiger partial charge < -0.3 is 9.88 Å². The van der Waals surface area contributed by atoms with Crippen molar-refractivity contribution in [2.45, 2.75) is 32.2 Å². The summed E-state index contributed by atoms with van der Waals surface area (Å²) in [7, 11) is 1.83. The number of hydrogen-bond acceptors (Lipinski definition) is 4. The SMILES string of the molecule is Cn1cc(/C=C/C(=O)Nc2ccc(Cl)c(-c3nnc4n3CCCCC4)c2)cn1. The Labute approximate surface area is 168 Å². The van der Waals surface area contributed by atoms with Crippen LogP contribution in [0, 0.1) is 0 Å². The molecule has 0 saturated carbocycles. The van der Waals surface area contributed by atoms with Crippen LogP contribution in [0.25, 0.3) is 17.5 Å². The van der Waals surface area contributed by atoms with Gasteiger partial charge in [-0.05, 0) is 37.1 Å². The van der Waals surface area contributed by atoms with Crippen molar-refractivity contribution >= 4 is 29.3 Å². The van der Waals surface area contributed by atoms with Crippen molar-refractivity contribution in [3.05, 3.63) is 53.1 Å². The smallest absolute Gasteiger partial charge is 0.248 e. The van der Waals surface area contributed by atoms with Crippen molar-refractivity contribution in [3.8, 4) is 11.4 Å². The number of aryl methyl sites for hydroxylation is 2. The average molecular weight is 397 g/mol. The zero-order chi connectivity index (χ0) is 19.5. The summed E-state index contributed by atoms with van der Waals surface area (Å²) in [6.45, 7) is 0.887. The molecule has 144 valence electrons. The topological polar surface area (TPSA) is 77.6 Å². The first kappa shape index (κ1) is 18.4. The lowest BCUT2D eigenvalue weighted by molar-refractivity contribution is -0.111. The van der Waals surface area contributed by atoms with E-state index < -0.39 is 0 Å². The molecule has 3 heterocycles. The highest BCUT2D eigenvalue weighted by Crippen LogP contribution is 2.31. The van der Waals surface area contributed by atoms with Crippen LogP contribution < -0.4 is 5.32 Å². The van der Waals surface area contributed by atoms with Crippen LogP contribution in [-0.4, -0.2) is 30.5 Å². The van der Waals surface area contributed by atoms with Crippen LogP contribution in [0.15, 0.2) is 36.7 Å². The van der Waals surface area contributed by atoms with Crippen LogP contribution >= 0.6 is 11.6 Å². The van der Waals surface area contributed by atoms with Gasteiger partial charge in [0.2, 0.25) is 5.91 Å². The number of amides is 1. The molecule has 1 aliphatic heterocycles. The minimum absolute atomic E-state index is 0.225. The second kappa shape index (κ2) is 7.98. The lowest BCUT2D eigenvalue weighted by Gasteiger charge is -2.10. The predicted octanol–water partition coefficient (Wildman–Crippen LogP) is 3.71. The molecule has 0 aliphatic carbocycles. The van der Waals surface area contributed by atoms with Crippen LogP contribution in [-0.2, 0) is 24.8 Å². The molecular weight excluding hydrogens is 376 g/mol. The number of fused-ring (bicyclic) bond motifs is 1. The zero-order valence-corrected chi connectivity index (χ0v) is 16.4. The van der Waals surface area contributed by atoms with Crippen LogP contribution in [0.4, 0.5) is 5.69 Å². The normalized spacial score (nSPS) is 14.1. The van der Waals surface area contributed by atoms with Gasteiger partial charge in [0.25, 0.3) is 0 Å². The summed E-state index contributed by atoms with van der Waals surface area (Å²) >= 11 is 6.43. The Kier molecular flexibility index (Phi) is 5.25. The Hall–Kier alpha value is -2.93. The van der Waals surface area contributed by atoms with Gasteiger partial charge in [0.05, 0.1) is 11.2 Å². The summed E-state index contributed by atoms with van der Waals surface area (Å²) < 4.78 is 3.83. The Morgan fingerprint density at radius 3 is 2.96 bits per heavy atom. The first-order chi connectivity index (χ1) is 13.6. The van der Waals surface area contributed by atoms with Crippen LogP contribution in [0.5, 0.6) is 0 Å². The molecule has 8 heteroatoms. The van der Waals surface area contributed by atoms with E-state index in [1.165, 1.54) is 12.5 Å². The largest absolute Gasteiger partial charge is 0.322 e. The van der Waals surface area contributed by atoms with E-state index in [1.54, 1.807) is 29.1 Å². The fourth-order valence-electron chi connectivity index (χ4n) is 3.34. The maximum Gasteiger partial charge on any atom is 0.248 e. The molecule has 0 bridgehead atoms. The van der Waals surface area contributed by atoms with Crippen LogP contribution in [0.1, 0.15) is 30.7 Å². The zero-order valence-electron chi connectivity index (χ0n) is 15.6. The molecule has 0 atom stereocenters. The minimum atomic E-state index is -0.225. The molecular formula is C20H21ClN6O. The average Bonchev–Trinajstić information content (AvgIpc) is 3.20. The molecule has 1 aromatic carbocycles. The molecule has 0 fully saturated rings. The highest BCUT2D eigenvalue weighted by molar-refractivity contribution is 6.33. The molecule has 0 radical (unpaired) electrons. The molecule has 3 aromatic rings. The fraction of sp³-hybridized carbons (Fsp3) is 0.300. The maximum atomic E-state index is 12.3. The third kappa shape index (κ3) is 3.99. The number of carbonyl (C=O) groups is 1.